The molecule has 0 aromatic rings. The molecule has 6 nitrogen and oxygen atoms in total. The Morgan fingerprint density at radius 2 is 1.85 bits per heavy atom. The summed E-state index contributed by atoms with van der Waals surface area (Å²) in [5.74, 6) is -2.92. The third-order valence-corrected chi connectivity index (χ3v) is 9.89. The predicted molar refractivity (Wildman–Crippen MR) is 92.7 cm³/mol. The maximum atomic E-state index is 13.5. The van der Waals surface area contributed by atoms with E-state index in [1.54, 1.807) is 0 Å². The Morgan fingerprint density at radius 1 is 1.15 bits per heavy atom. The van der Waals surface area contributed by atoms with Crippen molar-refractivity contribution in [2.75, 3.05) is 0 Å². The van der Waals surface area contributed by atoms with Gasteiger partial charge in [0.15, 0.2) is 5.78 Å². The van der Waals surface area contributed by atoms with Gasteiger partial charge in [-0.3, -0.25) is 4.79 Å². The highest BCUT2D eigenvalue weighted by atomic mass is 17.2. The van der Waals surface area contributed by atoms with E-state index in [0.717, 1.165) is 6.42 Å². The first-order valence-corrected chi connectivity index (χ1v) is 10.2. The Morgan fingerprint density at radius 3 is 2.56 bits per heavy atom. The van der Waals surface area contributed by atoms with E-state index in [0.29, 0.717) is 30.3 Å². The molecule has 1 spiro atoms. The maximum Gasteiger partial charge on any atom is 0.241 e. The van der Waals surface area contributed by atoms with Crippen molar-refractivity contribution >= 4 is 5.78 Å². The Balaban J connectivity index is 1.68. The first-order valence-electron chi connectivity index (χ1n) is 10.2. The van der Waals surface area contributed by atoms with Crippen LogP contribution < -0.4 is 0 Å². The normalized spacial score (nSPS) is 64.8. The molecule has 2 aliphatic heterocycles. The van der Waals surface area contributed by atoms with Crippen molar-refractivity contribution in [3.8, 4) is 0 Å². The smallest absolute Gasteiger partial charge is 0.241 e. The second-order valence-electron chi connectivity index (χ2n) is 10.8. The quantitative estimate of drug-likeness (QED) is 0.434. The highest BCUT2D eigenvalue weighted by Crippen LogP contribution is 2.80. The van der Waals surface area contributed by atoms with E-state index in [9.17, 15) is 20.1 Å². The van der Waals surface area contributed by atoms with Gasteiger partial charge in [-0.05, 0) is 48.0 Å². The van der Waals surface area contributed by atoms with E-state index < -0.39 is 34.7 Å². The van der Waals surface area contributed by atoms with Gasteiger partial charge in [0, 0.05) is 17.3 Å². The molecule has 11 atom stereocenters. The molecule has 0 amide bonds. The van der Waals surface area contributed by atoms with Crippen molar-refractivity contribution in [1.82, 2.24) is 0 Å². The highest BCUT2D eigenvalue weighted by Gasteiger charge is 2.88. The van der Waals surface area contributed by atoms with Crippen LogP contribution in [0.4, 0.5) is 0 Å². The average molecular weight is 376 g/mol. The number of ketones is 1. The zero-order valence-electron chi connectivity index (χ0n) is 16.0. The second kappa shape index (κ2) is 4.36. The maximum absolute atomic E-state index is 13.5. The van der Waals surface area contributed by atoms with Crippen molar-refractivity contribution in [3.63, 3.8) is 0 Å². The number of carbonyl (C=O) groups excluding carboxylic acids is 1. The zero-order chi connectivity index (χ0) is 19.3. The van der Waals surface area contributed by atoms with Crippen LogP contribution in [0.2, 0.25) is 0 Å². The Bertz CT molecular complexity index is 792. The molecule has 0 aromatic carbocycles. The monoisotopic (exact) mass is 376 g/mol. The van der Waals surface area contributed by atoms with Crippen LogP contribution in [-0.4, -0.2) is 45.2 Å². The largest absolute Gasteiger partial charge is 0.391 e. The van der Waals surface area contributed by atoms with Crippen LogP contribution >= 0.6 is 0 Å². The van der Waals surface area contributed by atoms with Gasteiger partial charge in [-0.1, -0.05) is 27.4 Å². The van der Waals surface area contributed by atoms with E-state index in [4.69, 9.17) is 9.78 Å². The highest BCUT2D eigenvalue weighted by molar-refractivity contribution is 6.05. The molecule has 6 heteroatoms. The molecular formula is C21H28O6. The molecule has 7 aliphatic rings. The van der Waals surface area contributed by atoms with Crippen molar-refractivity contribution < 1.29 is 29.9 Å². The van der Waals surface area contributed by atoms with Gasteiger partial charge in [-0.2, -0.15) is 4.89 Å². The molecule has 0 radical (unpaired) electrons. The SMILES string of the molecule is C=C1C(=O)[C@]23[C@@H](O)[C@H]1CC[C@H]2[C@]1(C)C2OO[C@]3(O)[C@@H](O)[C@@H]1C(C)(C)C1CC12. The van der Waals surface area contributed by atoms with E-state index >= 15 is 0 Å². The van der Waals surface area contributed by atoms with Gasteiger partial charge >= 0.3 is 0 Å². The lowest BCUT2D eigenvalue weighted by Gasteiger charge is -2.67. The summed E-state index contributed by atoms with van der Waals surface area (Å²) in [7, 11) is 0. The van der Waals surface area contributed by atoms with E-state index in [1.807, 2.05) is 0 Å². The summed E-state index contributed by atoms with van der Waals surface area (Å²) in [6, 6.07) is 0. The molecule has 2 saturated heterocycles. The number of hydrogen-bond donors (Lipinski definition) is 3. The molecule has 5 saturated carbocycles. The molecule has 7 fully saturated rings. The number of aliphatic hydroxyl groups excluding tert-OH is 2. The molecule has 2 heterocycles. The summed E-state index contributed by atoms with van der Waals surface area (Å²) in [6.45, 7) is 10.3. The van der Waals surface area contributed by atoms with Crippen LogP contribution in [0.3, 0.4) is 0 Å². The van der Waals surface area contributed by atoms with Gasteiger partial charge in [-0.25, -0.2) is 4.89 Å². The van der Waals surface area contributed by atoms with Crippen LogP contribution in [0.25, 0.3) is 0 Å². The molecule has 0 aromatic heterocycles. The van der Waals surface area contributed by atoms with E-state index in [-0.39, 0.29) is 29.1 Å². The third kappa shape index (κ3) is 1.38. The number of Topliss-reactive ketones (excluding diaryl/α,β-unsaturated/α-hetero) is 1. The van der Waals surface area contributed by atoms with Crippen LogP contribution in [0, 0.1) is 45.8 Å². The Labute approximate surface area is 158 Å². The van der Waals surface area contributed by atoms with Crippen molar-refractivity contribution in [2.45, 2.75) is 64.1 Å². The minimum Gasteiger partial charge on any atom is -0.391 e. The van der Waals surface area contributed by atoms with E-state index in [2.05, 4.69) is 27.4 Å². The van der Waals surface area contributed by atoms with Crippen LogP contribution in [0.5, 0.6) is 0 Å². The third-order valence-electron chi connectivity index (χ3n) is 9.89. The lowest BCUT2D eigenvalue weighted by molar-refractivity contribution is -0.472. The summed E-state index contributed by atoms with van der Waals surface area (Å²) in [5.41, 5.74) is -2.05. The lowest BCUT2D eigenvalue weighted by Crippen LogP contribution is -2.78. The summed E-state index contributed by atoms with van der Waals surface area (Å²) in [5, 5.41) is 34.5. The van der Waals surface area contributed by atoms with Crippen LogP contribution in [0.1, 0.15) is 40.0 Å². The Kier molecular flexibility index (Phi) is 2.76. The molecule has 5 aliphatic carbocycles. The number of rotatable bonds is 0. The van der Waals surface area contributed by atoms with Crippen molar-refractivity contribution in [1.29, 1.82) is 0 Å². The fraction of sp³-hybridized carbons (Fsp3) is 0.857. The number of aliphatic hydroxyl groups is 3. The molecule has 3 N–H and O–H groups in total. The number of hydrogen-bond acceptors (Lipinski definition) is 6. The lowest BCUT2D eigenvalue weighted by atomic mass is 9.37. The van der Waals surface area contributed by atoms with Gasteiger partial charge in [0.2, 0.25) is 5.79 Å². The molecule has 3 unspecified atom stereocenters. The van der Waals surface area contributed by atoms with Gasteiger partial charge in [0.05, 0.1) is 6.10 Å². The topological polar surface area (TPSA) is 96.2 Å². The van der Waals surface area contributed by atoms with Crippen LogP contribution in [0.15, 0.2) is 12.2 Å². The molecule has 6 bridgehead atoms. The first-order chi connectivity index (χ1) is 12.6. The van der Waals surface area contributed by atoms with Gasteiger partial charge < -0.3 is 15.3 Å². The standard InChI is InChI=1S/C21H28O6/c1-8-9-5-6-12-19(4)13-16(24)21(25,20(12,14(8)22)15(9)23)27-26-17(19)10-7-11(10)18(13,2)3/h9-13,15-17,23-25H,1,5-7H2,2-4H3/t9-,10?,11?,12-,13+,15-,16-,17?,19-,20-,21+/m0/s1. The fourth-order valence-electron chi connectivity index (χ4n) is 8.90. The summed E-state index contributed by atoms with van der Waals surface area (Å²) in [4.78, 5) is 25.0. The Hall–Kier alpha value is -0.790. The first kappa shape index (κ1) is 17.1. The van der Waals surface area contributed by atoms with Crippen molar-refractivity contribution in [2.24, 2.45) is 45.8 Å². The fourth-order valence-corrected chi connectivity index (χ4v) is 8.90. The van der Waals surface area contributed by atoms with Gasteiger partial charge in [0.1, 0.15) is 17.6 Å². The van der Waals surface area contributed by atoms with Crippen molar-refractivity contribution in [3.05, 3.63) is 12.2 Å². The predicted octanol–water partition coefficient (Wildman–Crippen LogP) is 1.19. The summed E-state index contributed by atoms with van der Waals surface area (Å²) < 4.78 is 0. The summed E-state index contributed by atoms with van der Waals surface area (Å²) >= 11 is 0. The van der Waals surface area contributed by atoms with Gasteiger partial charge in [0.25, 0.3) is 0 Å². The molecule has 27 heavy (non-hydrogen) atoms. The molecule has 7 rings (SSSR count). The summed E-state index contributed by atoms with van der Waals surface area (Å²) in [6.07, 6.45) is -0.373. The minimum atomic E-state index is -2.26. The zero-order valence-corrected chi connectivity index (χ0v) is 16.0. The minimum absolute atomic E-state index is 0.220. The number of carbonyl (C=O) groups is 1. The van der Waals surface area contributed by atoms with Crippen LogP contribution in [-0.2, 0) is 14.6 Å². The molecule has 148 valence electrons. The second-order valence-corrected chi connectivity index (χ2v) is 10.8. The molecular weight excluding hydrogens is 348 g/mol. The average Bonchev–Trinajstić information content (AvgIpc) is 3.38. The van der Waals surface area contributed by atoms with Gasteiger partial charge in [-0.15, -0.1) is 0 Å². The number of fused-ring (bicyclic) bond motifs is 3. The van der Waals surface area contributed by atoms with E-state index in [1.165, 1.54) is 0 Å².